The van der Waals surface area contributed by atoms with Crippen molar-refractivity contribution in [2.45, 2.75) is 32.9 Å². The minimum Gasteiger partial charge on any atom is -0.502 e. The van der Waals surface area contributed by atoms with Crippen molar-refractivity contribution in [2.24, 2.45) is 0 Å². The topological polar surface area (TPSA) is 9.23 Å². The molecular formula is C8H17OSi. The highest BCUT2D eigenvalue weighted by molar-refractivity contribution is 6.63. The Labute approximate surface area is 65.7 Å². The summed E-state index contributed by atoms with van der Waals surface area (Å²) in [4.78, 5) is 0. The molecule has 0 rings (SSSR count). The molecule has 0 aromatic heterocycles. The van der Waals surface area contributed by atoms with Gasteiger partial charge < -0.3 is 4.74 Å². The summed E-state index contributed by atoms with van der Waals surface area (Å²) in [5.74, 6) is 0. The Morgan fingerprint density at radius 1 is 1.20 bits per heavy atom. The molecule has 0 fully saturated rings. The fourth-order valence-electron chi connectivity index (χ4n) is 0.726. The number of hydrogen-bond donors (Lipinski definition) is 0. The van der Waals surface area contributed by atoms with E-state index in [0.717, 1.165) is 6.61 Å². The van der Waals surface area contributed by atoms with Gasteiger partial charge in [0, 0.05) is 0 Å². The quantitative estimate of drug-likeness (QED) is 0.440. The molecule has 0 bridgehead atoms. The zero-order valence-electron chi connectivity index (χ0n) is 7.18. The summed E-state index contributed by atoms with van der Waals surface area (Å²) in [6.45, 7) is 7.29. The highest BCUT2D eigenvalue weighted by Crippen LogP contribution is 1.99. The summed E-state index contributed by atoms with van der Waals surface area (Å²) in [5.41, 5.74) is 2.24. The van der Waals surface area contributed by atoms with E-state index in [4.69, 9.17) is 4.74 Å². The second-order valence-corrected chi connectivity index (χ2v) is 5.19. The minimum atomic E-state index is -0.201. The smallest absolute Gasteiger partial charge is 0.0844 e. The first-order valence-corrected chi connectivity index (χ1v) is 5.97. The highest BCUT2D eigenvalue weighted by atomic mass is 28.3. The Kier molecular flexibility index (Phi) is 6.70. The molecule has 1 radical (unpaired) electrons. The fraction of sp³-hybridized carbons (Fsp3) is 0.750. The van der Waals surface area contributed by atoms with E-state index in [1.54, 1.807) is 0 Å². The van der Waals surface area contributed by atoms with Crippen molar-refractivity contribution >= 4 is 8.80 Å². The molecule has 0 heterocycles. The van der Waals surface area contributed by atoms with Gasteiger partial charge in [0.2, 0.25) is 0 Å². The summed E-state index contributed by atoms with van der Waals surface area (Å²) in [7, 11) is -0.201. The van der Waals surface area contributed by atoms with E-state index in [0.29, 0.717) is 0 Å². The first-order chi connectivity index (χ1) is 4.85. The minimum absolute atomic E-state index is 0.201. The molecule has 0 saturated heterocycles. The summed E-state index contributed by atoms with van der Waals surface area (Å²) in [6.07, 6.45) is 1.86. The van der Waals surface area contributed by atoms with Crippen molar-refractivity contribution in [3.05, 3.63) is 12.0 Å². The Morgan fingerprint density at radius 2 is 1.80 bits per heavy atom. The second kappa shape index (κ2) is 6.87. The fourth-order valence-corrected chi connectivity index (χ4v) is 1.99. The van der Waals surface area contributed by atoms with E-state index in [2.05, 4.69) is 19.5 Å². The van der Waals surface area contributed by atoms with E-state index in [1.165, 1.54) is 12.1 Å². The molecule has 0 amide bonds. The van der Waals surface area contributed by atoms with Crippen molar-refractivity contribution in [1.82, 2.24) is 0 Å². The lowest BCUT2D eigenvalue weighted by Crippen LogP contribution is -2.04. The van der Waals surface area contributed by atoms with Crippen LogP contribution in [-0.4, -0.2) is 15.4 Å². The number of hydrogen-bond acceptors (Lipinski definition) is 1. The van der Waals surface area contributed by atoms with Crippen molar-refractivity contribution < 1.29 is 4.74 Å². The molecule has 0 aromatic carbocycles. The molecule has 0 aliphatic heterocycles. The molecule has 0 aliphatic carbocycles. The lowest BCUT2D eigenvalue weighted by atomic mass is 10.9. The lowest BCUT2D eigenvalue weighted by molar-refractivity contribution is 0.270. The van der Waals surface area contributed by atoms with Crippen LogP contribution in [-0.2, 0) is 4.74 Å². The van der Waals surface area contributed by atoms with E-state index in [-0.39, 0.29) is 8.80 Å². The van der Waals surface area contributed by atoms with Crippen LogP contribution in [0.2, 0.25) is 12.1 Å². The predicted molar refractivity (Wildman–Crippen MR) is 47.5 cm³/mol. The van der Waals surface area contributed by atoms with Crippen LogP contribution in [0.5, 0.6) is 0 Å². The third-order valence-electron chi connectivity index (χ3n) is 1.47. The third kappa shape index (κ3) is 4.62. The summed E-state index contributed by atoms with van der Waals surface area (Å²) in [6, 6.07) is 2.62. The maximum Gasteiger partial charge on any atom is 0.0844 e. The third-order valence-corrected chi connectivity index (χ3v) is 3.90. The van der Waals surface area contributed by atoms with Crippen molar-refractivity contribution in [3.8, 4) is 0 Å². The Balaban J connectivity index is 3.40. The summed E-state index contributed by atoms with van der Waals surface area (Å²) < 4.78 is 5.11. The lowest BCUT2D eigenvalue weighted by Gasteiger charge is -2.01. The van der Waals surface area contributed by atoms with Gasteiger partial charge in [0.1, 0.15) is 0 Å². The van der Waals surface area contributed by atoms with E-state index < -0.39 is 0 Å². The van der Waals surface area contributed by atoms with Gasteiger partial charge in [-0.3, -0.25) is 0 Å². The van der Waals surface area contributed by atoms with Crippen LogP contribution >= 0.6 is 0 Å². The van der Waals surface area contributed by atoms with Crippen LogP contribution < -0.4 is 0 Å². The maximum absolute atomic E-state index is 5.11. The van der Waals surface area contributed by atoms with Gasteiger partial charge in [0.25, 0.3) is 0 Å². The summed E-state index contributed by atoms with van der Waals surface area (Å²) >= 11 is 0. The SMILES string of the molecule is CCOC=C[Si](CC)CC. The van der Waals surface area contributed by atoms with Crippen LogP contribution in [0, 0.1) is 0 Å². The molecule has 2 heteroatoms. The van der Waals surface area contributed by atoms with Gasteiger partial charge in [-0.1, -0.05) is 31.6 Å². The Bertz CT molecular complexity index is 87.3. The molecule has 59 valence electrons. The van der Waals surface area contributed by atoms with Crippen molar-refractivity contribution in [2.75, 3.05) is 6.61 Å². The van der Waals surface area contributed by atoms with Gasteiger partial charge in [-0.25, -0.2) is 0 Å². The molecule has 10 heavy (non-hydrogen) atoms. The van der Waals surface area contributed by atoms with Gasteiger partial charge in [-0.15, -0.1) is 0 Å². The van der Waals surface area contributed by atoms with Gasteiger partial charge in [0.15, 0.2) is 0 Å². The molecule has 1 nitrogen and oxygen atoms in total. The zero-order valence-corrected chi connectivity index (χ0v) is 8.18. The van der Waals surface area contributed by atoms with Gasteiger partial charge in [0.05, 0.1) is 21.7 Å². The van der Waals surface area contributed by atoms with Crippen molar-refractivity contribution in [3.63, 3.8) is 0 Å². The first-order valence-electron chi connectivity index (χ1n) is 3.97. The van der Waals surface area contributed by atoms with Crippen LogP contribution in [0.4, 0.5) is 0 Å². The predicted octanol–water partition coefficient (Wildman–Crippen LogP) is 2.61. The van der Waals surface area contributed by atoms with Crippen LogP contribution in [0.1, 0.15) is 20.8 Å². The number of rotatable bonds is 5. The van der Waals surface area contributed by atoms with Gasteiger partial charge in [-0.2, -0.15) is 0 Å². The molecule has 0 N–H and O–H groups in total. The Morgan fingerprint density at radius 3 is 2.20 bits per heavy atom. The van der Waals surface area contributed by atoms with Gasteiger partial charge in [-0.05, 0) is 6.92 Å². The van der Waals surface area contributed by atoms with E-state index in [1.807, 2.05) is 13.2 Å². The molecule has 0 aromatic rings. The zero-order chi connectivity index (χ0) is 7.82. The average molecular weight is 157 g/mol. The van der Waals surface area contributed by atoms with Crippen molar-refractivity contribution in [1.29, 1.82) is 0 Å². The second-order valence-electron chi connectivity index (χ2n) is 2.12. The van der Waals surface area contributed by atoms with Gasteiger partial charge >= 0.3 is 0 Å². The monoisotopic (exact) mass is 157 g/mol. The average Bonchev–Trinajstić information content (AvgIpc) is 1.99. The highest BCUT2D eigenvalue weighted by Gasteiger charge is 1.98. The first kappa shape index (κ1) is 9.76. The standard InChI is InChI=1S/C8H17OSi/c1-4-9-7-8-10(5-2)6-3/h7-8H,4-6H2,1-3H3. The molecular weight excluding hydrogens is 140 g/mol. The normalized spacial score (nSPS) is 11.2. The van der Waals surface area contributed by atoms with E-state index in [9.17, 15) is 0 Å². The molecule has 0 saturated carbocycles. The Hall–Kier alpha value is -0.243. The largest absolute Gasteiger partial charge is 0.502 e. The number of ether oxygens (including phenoxy) is 1. The maximum atomic E-state index is 5.11. The molecule has 0 unspecified atom stereocenters. The van der Waals surface area contributed by atoms with Crippen LogP contribution in [0.3, 0.4) is 0 Å². The van der Waals surface area contributed by atoms with E-state index >= 15 is 0 Å². The molecule has 0 atom stereocenters. The van der Waals surface area contributed by atoms with Crippen LogP contribution in [0.25, 0.3) is 0 Å². The van der Waals surface area contributed by atoms with Crippen LogP contribution in [0.15, 0.2) is 12.0 Å². The molecule has 0 spiro atoms. The summed E-state index contributed by atoms with van der Waals surface area (Å²) in [5, 5.41) is 0. The molecule has 0 aliphatic rings.